The number of nitrogens with one attached hydrogen (secondary N) is 2. The Balaban J connectivity index is 0.908. The molecule has 12 nitrogen and oxygen atoms in total. The third kappa shape index (κ3) is 7.89. The molecule has 3 N–H and O–H groups in total. The van der Waals surface area contributed by atoms with E-state index in [1.54, 1.807) is 30.3 Å². The summed E-state index contributed by atoms with van der Waals surface area (Å²) in [4.78, 5) is 65.2. The van der Waals surface area contributed by atoms with Crippen molar-refractivity contribution in [1.82, 2.24) is 24.3 Å². The second-order valence-electron chi connectivity index (χ2n) is 15.0. The first-order valence-corrected chi connectivity index (χ1v) is 18.7. The number of carbonyl (C=O) groups excluding carboxylic acids is 3. The molecule has 3 aromatic carbocycles. The fourth-order valence-electron chi connectivity index (χ4n) is 8.18. The monoisotopic (exact) mass is 743 g/mol. The van der Waals surface area contributed by atoms with Crippen LogP contribution in [0.3, 0.4) is 0 Å². The van der Waals surface area contributed by atoms with Crippen LogP contribution in [-0.4, -0.2) is 78.9 Å². The van der Waals surface area contributed by atoms with Gasteiger partial charge in [-0.1, -0.05) is 60.7 Å². The Hall–Kier alpha value is -5.79. The van der Waals surface area contributed by atoms with Crippen molar-refractivity contribution in [2.24, 2.45) is 5.92 Å². The molecule has 2 fully saturated rings. The third-order valence-electron chi connectivity index (χ3n) is 11.2. The van der Waals surface area contributed by atoms with Crippen LogP contribution in [0.5, 0.6) is 0 Å². The standard InChI is InChI=1S/C42H42FN7O5/c43-33-9-5-4-8-30(33)23-48-17-14-31(32(24-48)28-6-2-1-3-7-28)40(53)49-18-15-42(55,16-19-49)25-50-26-44-34-12-13-36(47-39(34)41(50)54)46-37(51)21-27-10-11-29-22-38(52)45-35(29)20-27/h1-13,20,26,31-32,55H,14-19,21-25H2,(H,45,52)(H,46,47,51)/t31-,32+/m1/s1. The molecular formula is C42H42FN7O5. The fraction of sp³-hybridized carbons (Fsp3) is 0.333. The second-order valence-corrected chi connectivity index (χ2v) is 15.0. The van der Waals surface area contributed by atoms with Crippen molar-refractivity contribution in [2.45, 2.75) is 56.7 Å². The van der Waals surface area contributed by atoms with Gasteiger partial charge in [-0.15, -0.1) is 0 Å². The predicted octanol–water partition coefficient (Wildman–Crippen LogP) is 4.27. The van der Waals surface area contributed by atoms with Gasteiger partial charge in [0.2, 0.25) is 17.7 Å². The zero-order valence-corrected chi connectivity index (χ0v) is 30.3. The van der Waals surface area contributed by atoms with Gasteiger partial charge in [0.05, 0.1) is 36.8 Å². The Labute approximate surface area is 317 Å². The zero-order valence-electron chi connectivity index (χ0n) is 30.3. The van der Waals surface area contributed by atoms with Crippen LogP contribution in [0.2, 0.25) is 0 Å². The number of hydrogen-bond donors (Lipinski definition) is 3. The van der Waals surface area contributed by atoms with Crippen molar-refractivity contribution in [2.75, 3.05) is 36.8 Å². The molecule has 0 unspecified atom stereocenters. The van der Waals surface area contributed by atoms with Crippen molar-refractivity contribution < 1.29 is 23.9 Å². The molecule has 2 aromatic heterocycles. The number of rotatable bonds is 9. The first kappa shape index (κ1) is 36.2. The first-order valence-electron chi connectivity index (χ1n) is 18.7. The van der Waals surface area contributed by atoms with Crippen molar-refractivity contribution in [3.63, 3.8) is 0 Å². The highest BCUT2D eigenvalue weighted by molar-refractivity contribution is 5.99. The number of amides is 3. The molecule has 282 valence electrons. The molecule has 5 aromatic rings. The Bertz CT molecular complexity index is 2330. The maximum atomic E-state index is 14.5. The van der Waals surface area contributed by atoms with Gasteiger partial charge in [0.15, 0.2) is 5.52 Å². The minimum absolute atomic E-state index is 0.0228. The summed E-state index contributed by atoms with van der Waals surface area (Å²) in [6.07, 6.45) is 2.96. The van der Waals surface area contributed by atoms with Gasteiger partial charge in [0.1, 0.15) is 11.6 Å². The molecule has 13 heteroatoms. The Morgan fingerprint density at radius 1 is 0.964 bits per heavy atom. The minimum atomic E-state index is -1.25. The number of halogens is 1. The van der Waals surface area contributed by atoms with Crippen LogP contribution < -0.4 is 16.2 Å². The van der Waals surface area contributed by atoms with Gasteiger partial charge in [0, 0.05) is 49.3 Å². The molecule has 0 aliphatic carbocycles. The molecule has 0 saturated carbocycles. The van der Waals surface area contributed by atoms with Crippen LogP contribution in [0.15, 0.2) is 96.1 Å². The highest BCUT2D eigenvalue weighted by Gasteiger charge is 2.41. The first-order chi connectivity index (χ1) is 26.6. The van der Waals surface area contributed by atoms with Crippen LogP contribution in [0.4, 0.5) is 15.9 Å². The quantitative estimate of drug-likeness (QED) is 0.203. The number of hydrogen-bond acceptors (Lipinski definition) is 8. The van der Waals surface area contributed by atoms with Crippen LogP contribution in [0, 0.1) is 11.7 Å². The number of anilines is 2. The number of carbonyl (C=O) groups is 3. The molecular weight excluding hydrogens is 702 g/mol. The van der Waals surface area contributed by atoms with E-state index in [2.05, 4.69) is 25.5 Å². The molecule has 0 radical (unpaired) electrons. The molecule has 2 saturated heterocycles. The fourth-order valence-corrected chi connectivity index (χ4v) is 8.18. The zero-order chi connectivity index (χ0) is 38.1. The van der Waals surface area contributed by atoms with Crippen LogP contribution in [-0.2, 0) is 40.3 Å². The summed E-state index contributed by atoms with van der Waals surface area (Å²) in [5, 5.41) is 17.2. The maximum Gasteiger partial charge on any atom is 0.280 e. The molecule has 5 heterocycles. The van der Waals surface area contributed by atoms with Gasteiger partial charge < -0.3 is 20.6 Å². The van der Waals surface area contributed by atoms with Gasteiger partial charge in [0.25, 0.3) is 5.56 Å². The summed E-state index contributed by atoms with van der Waals surface area (Å²) in [6, 6.07) is 25.4. The summed E-state index contributed by atoms with van der Waals surface area (Å²) >= 11 is 0. The van der Waals surface area contributed by atoms with Crippen molar-refractivity contribution in [3.8, 4) is 0 Å². The van der Waals surface area contributed by atoms with Gasteiger partial charge >= 0.3 is 0 Å². The molecule has 3 aliphatic rings. The number of pyridine rings is 1. The highest BCUT2D eigenvalue weighted by atomic mass is 19.1. The Morgan fingerprint density at radius 3 is 2.55 bits per heavy atom. The van der Waals surface area contributed by atoms with E-state index >= 15 is 0 Å². The normalized spacial score (nSPS) is 19.5. The lowest BCUT2D eigenvalue weighted by molar-refractivity contribution is -0.142. The predicted molar refractivity (Wildman–Crippen MR) is 205 cm³/mol. The number of piperidine rings is 2. The molecule has 55 heavy (non-hydrogen) atoms. The number of nitrogens with zero attached hydrogens (tertiary/aromatic N) is 5. The molecule has 3 amide bonds. The average molecular weight is 744 g/mol. The molecule has 0 bridgehead atoms. The number of aliphatic hydroxyl groups is 1. The lowest BCUT2D eigenvalue weighted by Gasteiger charge is -2.43. The van der Waals surface area contributed by atoms with E-state index in [0.717, 1.165) is 16.7 Å². The summed E-state index contributed by atoms with van der Waals surface area (Å²) in [7, 11) is 0. The second kappa shape index (κ2) is 15.2. The van der Waals surface area contributed by atoms with Gasteiger partial charge in [-0.25, -0.2) is 14.4 Å². The summed E-state index contributed by atoms with van der Waals surface area (Å²) in [5.41, 5.74) is 2.74. The van der Waals surface area contributed by atoms with Crippen LogP contribution >= 0.6 is 0 Å². The molecule has 3 aliphatic heterocycles. The van der Waals surface area contributed by atoms with Crippen LogP contribution in [0.1, 0.15) is 47.4 Å². The van der Waals surface area contributed by atoms with Gasteiger partial charge in [-0.3, -0.25) is 28.6 Å². The highest BCUT2D eigenvalue weighted by Crippen LogP contribution is 2.36. The van der Waals surface area contributed by atoms with E-state index < -0.39 is 11.2 Å². The maximum absolute atomic E-state index is 14.5. The van der Waals surface area contributed by atoms with Gasteiger partial charge in [-0.05, 0) is 66.8 Å². The van der Waals surface area contributed by atoms with E-state index in [4.69, 9.17) is 0 Å². The van der Waals surface area contributed by atoms with Crippen molar-refractivity contribution >= 4 is 40.3 Å². The van der Waals surface area contributed by atoms with E-state index in [0.29, 0.717) is 62.3 Å². The molecule has 8 rings (SSSR count). The average Bonchev–Trinajstić information content (AvgIpc) is 3.56. The topological polar surface area (TPSA) is 150 Å². The lowest BCUT2D eigenvalue weighted by atomic mass is 9.79. The third-order valence-corrected chi connectivity index (χ3v) is 11.2. The lowest BCUT2D eigenvalue weighted by Crippen LogP contribution is -2.53. The number of benzene rings is 3. The minimum Gasteiger partial charge on any atom is -0.388 e. The Kier molecular flexibility index (Phi) is 9.97. The molecule has 2 atom stereocenters. The summed E-state index contributed by atoms with van der Waals surface area (Å²) in [5.74, 6) is -0.723. The number of fused-ring (bicyclic) bond motifs is 2. The smallest absolute Gasteiger partial charge is 0.280 e. The van der Waals surface area contributed by atoms with Crippen molar-refractivity contribution in [1.29, 1.82) is 0 Å². The van der Waals surface area contributed by atoms with Gasteiger partial charge in [-0.2, -0.15) is 0 Å². The van der Waals surface area contributed by atoms with Crippen LogP contribution in [0.25, 0.3) is 11.0 Å². The molecule has 0 spiro atoms. The number of aromatic nitrogens is 3. The van der Waals surface area contributed by atoms with E-state index in [9.17, 15) is 28.7 Å². The SMILES string of the molecule is O=C(Cc1ccc2c(c1)NC(=O)C2)Nc1ccc2ncn(CC3(O)CCN(C(=O)[C@@H]4CCN(Cc5ccccc5F)C[C@H]4c4ccccc4)CC3)c(=O)c2n1. The Morgan fingerprint density at radius 2 is 1.75 bits per heavy atom. The number of likely N-dealkylation sites (tertiary alicyclic amines) is 2. The van der Waals surface area contributed by atoms with Crippen molar-refractivity contribution in [3.05, 3.63) is 130 Å². The van der Waals surface area contributed by atoms with E-state index in [-0.39, 0.29) is 72.5 Å². The van der Waals surface area contributed by atoms with E-state index in [1.807, 2.05) is 53.4 Å². The summed E-state index contributed by atoms with van der Waals surface area (Å²) in [6.45, 7) is 2.42. The summed E-state index contributed by atoms with van der Waals surface area (Å²) < 4.78 is 15.8. The largest absolute Gasteiger partial charge is 0.388 e. The van der Waals surface area contributed by atoms with E-state index in [1.165, 1.54) is 17.0 Å².